The van der Waals surface area contributed by atoms with Gasteiger partial charge in [0.05, 0.1) is 25.4 Å². The molecule has 0 saturated carbocycles. The molecule has 0 aromatic carbocycles. The average Bonchev–Trinajstić information content (AvgIpc) is 3.35. The highest BCUT2D eigenvalue weighted by Gasteiger charge is 2.18. The molecule has 2 unspecified atom stereocenters. The Bertz CT molecular complexity index is 1120. The maximum absolute atomic E-state index is 12.4. The molecule has 1 amide bonds. The van der Waals surface area contributed by atoms with Crippen LogP contribution in [0.5, 0.6) is 0 Å². The van der Waals surface area contributed by atoms with Crippen molar-refractivity contribution in [2.75, 3.05) is 13.2 Å². The Labute approximate surface area is 430 Å². The molecule has 0 heterocycles. The van der Waals surface area contributed by atoms with Gasteiger partial charge in [-0.25, -0.2) is 0 Å². The second-order valence-corrected chi connectivity index (χ2v) is 21.0. The lowest BCUT2D eigenvalue weighted by atomic mass is 10.0. The van der Waals surface area contributed by atoms with E-state index in [0.29, 0.717) is 19.4 Å². The smallest absolute Gasteiger partial charge is 0.305 e. The van der Waals surface area contributed by atoms with E-state index in [4.69, 9.17) is 4.74 Å². The molecule has 0 aliphatic carbocycles. The maximum atomic E-state index is 12.4. The van der Waals surface area contributed by atoms with Crippen molar-refractivity contribution in [1.82, 2.24) is 5.32 Å². The van der Waals surface area contributed by atoms with Crippen LogP contribution in [0.15, 0.2) is 36.5 Å². The van der Waals surface area contributed by atoms with Crippen molar-refractivity contribution < 1.29 is 24.5 Å². The minimum atomic E-state index is -0.842. The zero-order chi connectivity index (χ0) is 50.0. The summed E-state index contributed by atoms with van der Waals surface area (Å²) in [7, 11) is 0. The number of rotatable bonds is 57. The SMILES string of the molecule is CCCCCCCCC/C=C\CCCCCCCC(=O)OCCCCCCCCCCCCCC/C=C\CCCCCCCCCCCCCC(=O)NC(CO)C(O)/C=C/CCCCCCCCC. The van der Waals surface area contributed by atoms with Crippen LogP contribution in [0.3, 0.4) is 0 Å². The largest absolute Gasteiger partial charge is 0.466 e. The molecule has 0 saturated heterocycles. The van der Waals surface area contributed by atoms with Gasteiger partial charge in [-0.1, -0.05) is 269 Å². The highest BCUT2D eigenvalue weighted by Crippen LogP contribution is 2.17. The molecule has 0 aliphatic heterocycles. The number of carbonyl (C=O) groups excluding carboxylic acids is 2. The number of aliphatic hydroxyl groups excluding tert-OH is 2. The van der Waals surface area contributed by atoms with Crippen LogP contribution in [-0.2, 0) is 14.3 Å². The molecule has 6 heteroatoms. The number of carbonyl (C=O) groups is 2. The van der Waals surface area contributed by atoms with E-state index in [1.165, 1.54) is 257 Å². The van der Waals surface area contributed by atoms with Crippen LogP contribution in [0.1, 0.15) is 328 Å². The molecule has 0 bridgehead atoms. The second-order valence-electron chi connectivity index (χ2n) is 21.0. The second kappa shape index (κ2) is 58.6. The first-order valence-electron chi connectivity index (χ1n) is 30.8. The maximum Gasteiger partial charge on any atom is 0.305 e. The quantitative estimate of drug-likeness (QED) is 0.0321. The molecule has 406 valence electrons. The number of hydrogen-bond acceptors (Lipinski definition) is 5. The van der Waals surface area contributed by atoms with E-state index in [-0.39, 0.29) is 18.5 Å². The van der Waals surface area contributed by atoms with Gasteiger partial charge in [0.25, 0.3) is 0 Å². The molecule has 0 aromatic heterocycles. The van der Waals surface area contributed by atoms with Crippen LogP contribution in [-0.4, -0.2) is 47.4 Å². The molecule has 69 heavy (non-hydrogen) atoms. The number of unbranched alkanes of at least 4 members (excludes halogenated alkanes) is 42. The summed E-state index contributed by atoms with van der Waals surface area (Å²) in [5, 5.41) is 22.9. The van der Waals surface area contributed by atoms with Gasteiger partial charge in [-0.3, -0.25) is 9.59 Å². The fraction of sp³-hybridized carbons (Fsp3) is 0.873. The fourth-order valence-electron chi connectivity index (χ4n) is 9.39. The molecular formula is C63H119NO5. The molecule has 3 N–H and O–H groups in total. The van der Waals surface area contributed by atoms with Crippen LogP contribution in [0.25, 0.3) is 0 Å². The van der Waals surface area contributed by atoms with Gasteiger partial charge >= 0.3 is 5.97 Å². The zero-order valence-electron chi connectivity index (χ0n) is 46.3. The molecular weight excluding hydrogens is 851 g/mol. The Morgan fingerprint density at radius 1 is 0.391 bits per heavy atom. The first kappa shape index (κ1) is 67.1. The Kier molecular flexibility index (Phi) is 57.0. The van der Waals surface area contributed by atoms with Gasteiger partial charge in [-0.05, 0) is 83.5 Å². The molecule has 0 rings (SSSR count). The highest BCUT2D eigenvalue weighted by molar-refractivity contribution is 5.76. The molecule has 0 spiro atoms. The zero-order valence-corrected chi connectivity index (χ0v) is 46.3. The normalized spacial score (nSPS) is 12.8. The van der Waals surface area contributed by atoms with Gasteiger partial charge in [0.1, 0.15) is 0 Å². The number of aliphatic hydroxyl groups is 2. The van der Waals surface area contributed by atoms with Gasteiger partial charge < -0.3 is 20.3 Å². The lowest BCUT2D eigenvalue weighted by Crippen LogP contribution is -2.45. The summed E-state index contributed by atoms with van der Waals surface area (Å²) in [5.74, 6) is -0.0642. The summed E-state index contributed by atoms with van der Waals surface area (Å²) in [4.78, 5) is 24.4. The van der Waals surface area contributed by atoms with Gasteiger partial charge in [0.2, 0.25) is 5.91 Å². The van der Waals surface area contributed by atoms with E-state index in [2.05, 4.69) is 43.5 Å². The van der Waals surface area contributed by atoms with Crippen molar-refractivity contribution in [3.05, 3.63) is 36.5 Å². The van der Waals surface area contributed by atoms with E-state index >= 15 is 0 Å². The third kappa shape index (κ3) is 55.2. The van der Waals surface area contributed by atoms with Crippen molar-refractivity contribution in [2.45, 2.75) is 341 Å². The van der Waals surface area contributed by atoms with E-state index in [9.17, 15) is 19.8 Å². The molecule has 2 atom stereocenters. The van der Waals surface area contributed by atoms with Gasteiger partial charge in [0.15, 0.2) is 0 Å². The monoisotopic (exact) mass is 970 g/mol. The third-order valence-electron chi connectivity index (χ3n) is 14.1. The summed E-state index contributed by atoms with van der Waals surface area (Å²) >= 11 is 0. The lowest BCUT2D eigenvalue weighted by Gasteiger charge is -2.20. The first-order chi connectivity index (χ1) is 34.0. The van der Waals surface area contributed by atoms with Gasteiger partial charge in [-0.15, -0.1) is 0 Å². The number of ether oxygens (including phenoxy) is 1. The van der Waals surface area contributed by atoms with Crippen LogP contribution < -0.4 is 5.32 Å². The predicted octanol–water partition coefficient (Wildman–Crippen LogP) is 19.2. The van der Waals surface area contributed by atoms with Gasteiger partial charge in [-0.2, -0.15) is 0 Å². The number of amides is 1. The number of allylic oxidation sites excluding steroid dienone is 5. The predicted molar refractivity (Wildman–Crippen MR) is 301 cm³/mol. The van der Waals surface area contributed by atoms with E-state index in [0.717, 1.165) is 44.9 Å². The minimum Gasteiger partial charge on any atom is -0.466 e. The molecule has 0 aliphatic rings. The summed E-state index contributed by atoms with van der Waals surface area (Å²) < 4.78 is 5.49. The first-order valence-corrected chi connectivity index (χ1v) is 30.8. The number of nitrogens with one attached hydrogen (secondary N) is 1. The summed E-state index contributed by atoms with van der Waals surface area (Å²) in [6.07, 6.45) is 73.4. The number of hydrogen-bond donors (Lipinski definition) is 3. The topological polar surface area (TPSA) is 95.9 Å². The number of esters is 1. The Balaban J connectivity index is 3.36. The van der Waals surface area contributed by atoms with E-state index in [1.54, 1.807) is 6.08 Å². The summed E-state index contributed by atoms with van der Waals surface area (Å²) in [6.45, 7) is 4.88. The van der Waals surface area contributed by atoms with Gasteiger partial charge in [0, 0.05) is 12.8 Å². The molecule has 0 aromatic rings. The van der Waals surface area contributed by atoms with Crippen molar-refractivity contribution in [2.24, 2.45) is 0 Å². The van der Waals surface area contributed by atoms with Crippen LogP contribution in [0, 0.1) is 0 Å². The summed E-state index contributed by atoms with van der Waals surface area (Å²) in [6, 6.07) is -0.626. The van der Waals surface area contributed by atoms with Crippen molar-refractivity contribution in [3.63, 3.8) is 0 Å². The van der Waals surface area contributed by atoms with Crippen LogP contribution in [0.2, 0.25) is 0 Å². The highest BCUT2D eigenvalue weighted by atomic mass is 16.5. The minimum absolute atomic E-state index is 0.00711. The average molecular weight is 971 g/mol. The van der Waals surface area contributed by atoms with Crippen LogP contribution >= 0.6 is 0 Å². The lowest BCUT2D eigenvalue weighted by molar-refractivity contribution is -0.143. The van der Waals surface area contributed by atoms with E-state index in [1.807, 2.05) is 6.08 Å². The molecule has 6 nitrogen and oxygen atoms in total. The third-order valence-corrected chi connectivity index (χ3v) is 14.1. The standard InChI is InChI=1S/C63H119NO5/c1-3-5-7-9-11-13-14-15-16-31-34-37-41-45-49-53-57-63(68)69-58-54-50-46-42-38-35-32-29-27-25-23-21-19-17-18-20-22-24-26-28-30-33-36-40-44-48-52-56-62(67)64-60(59-65)61(66)55-51-47-43-39-12-10-8-6-4-2/h16-18,31,51,55,60-61,65-66H,3-15,19-30,32-50,52-54,56-59H2,1-2H3,(H,64,67)/b18-17-,31-16-,55-51+. The summed E-state index contributed by atoms with van der Waals surface area (Å²) in [5.41, 5.74) is 0. The van der Waals surface area contributed by atoms with Crippen molar-refractivity contribution >= 4 is 11.9 Å². The fourth-order valence-corrected chi connectivity index (χ4v) is 9.39. The Hall–Kier alpha value is -1.92. The van der Waals surface area contributed by atoms with Crippen molar-refractivity contribution in [3.8, 4) is 0 Å². The molecule has 0 radical (unpaired) electrons. The molecule has 0 fully saturated rings. The van der Waals surface area contributed by atoms with E-state index < -0.39 is 12.1 Å². The van der Waals surface area contributed by atoms with Crippen LogP contribution in [0.4, 0.5) is 0 Å². The Morgan fingerprint density at radius 3 is 1.03 bits per heavy atom. The van der Waals surface area contributed by atoms with Crippen molar-refractivity contribution in [1.29, 1.82) is 0 Å². The Morgan fingerprint density at radius 2 is 0.681 bits per heavy atom.